The van der Waals surface area contributed by atoms with Crippen molar-refractivity contribution in [1.29, 1.82) is 0 Å². The van der Waals surface area contributed by atoms with Gasteiger partial charge in [0.25, 0.3) is 0 Å². The first-order valence-corrected chi connectivity index (χ1v) is 6.33. The summed E-state index contributed by atoms with van der Waals surface area (Å²) >= 11 is 0. The van der Waals surface area contributed by atoms with E-state index in [1.165, 1.54) is 12.0 Å². The molecule has 0 saturated carbocycles. The maximum absolute atomic E-state index is 5.46. The van der Waals surface area contributed by atoms with Crippen LogP contribution >= 0.6 is 0 Å². The van der Waals surface area contributed by atoms with Crippen molar-refractivity contribution in [3.05, 3.63) is 29.8 Å². The van der Waals surface area contributed by atoms with Crippen LogP contribution in [-0.2, 0) is 11.3 Å². The molecule has 0 spiro atoms. The highest BCUT2D eigenvalue weighted by Crippen LogP contribution is 2.17. The Hall–Kier alpha value is -1.06. The van der Waals surface area contributed by atoms with Gasteiger partial charge in [0.1, 0.15) is 5.75 Å². The Kier molecular flexibility index (Phi) is 4.83. The first kappa shape index (κ1) is 12.4. The van der Waals surface area contributed by atoms with Crippen LogP contribution in [-0.4, -0.2) is 26.4 Å². The first-order valence-electron chi connectivity index (χ1n) is 6.33. The molecule has 94 valence electrons. The van der Waals surface area contributed by atoms with E-state index >= 15 is 0 Å². The molecule has 1 fully saturated rings. The SMILES string of the molecule is COc1ccccc1CNC1CCCOCC1. The topological polar surface area (TPSA) is 30.5 Å². The molecule has 3 nitrogen and oxygen atoms in total. The van der Waals surface area contributed by atoms with Crippen molar-refractivity contribution in [3.8, 4) is 5.75 Å². The Morgan fingerprint density at radius 3 is 3.06 bits per heavy atom. The zero-order valence-corrected chi connectivity index (χ0v) is 10.4. The Morgan fingerprint density at radius 2 is 2.18 bits per heavy atom. The van der Waals surface area contributed by atoms with Gasteiger partial charge in [0.15, 0.2) is 0 Å². The molecule has 3 heteroatoms. The Morgan fingerprint density at radius 1 is 1.29 bits per heavy atom. The summed E-state index contributed by atoms with van der Waals surface area (Å²) in [7, 11) is 1.72. The largest absolute Gasteiger partial charge is 0.496 e. The summed E-state index contributed by atoms with van der Waals surface area (Å²) < 4.78 is 10.8. The number of hydrogen-bond donors (Lipinski definition) is 1. The zero-order chi connectivity index (χ0) is 11.9. The fourth-order valence-corrected chi connectivity index (χ4v) is 2.21. The third-order valence-corrected chi connectivity index (χ3v) is 3.23. The van der Waals surface area contributed by atoms with Gasteiger partial charge in [0.05, 0.1) is 7.11 Å². The quantitative estimate of drug-likeness (QED) is 0.869. The number of ether oxygens (including phenoxy) is 2. The number of hydrogen-bond acceptors (Lipinski definition) is 3. The third kappa shape index (κ3) is 3.72. The number of methoxy groups -OCH3 is 1. The second-order valence-corrected chi connectivity index (χ2v) is 4.43. The van der Waals surface area contributed by atoms with Gasteiger partial charge in [-0.2, -0.15) is 0 Å². The molecule has 1 aliphatic rings. The van der Waals surface area contributed by atoms with Crippen molar-refractivity contribution in [1.82, 2.24) is 5.32 Å². The Bertz CT molecular complexity index is 333. The van der Waals surface area contributed by atoms with Crippen LogP contribution in [0.4, 0.5) is 0 Å². The van der Waals surface area contributed by atoms with Gasteiger partial charge in [-0.3, -0.25) is 0 Å². The average molecular weight is 235 g/mol. The van der Waals surface area contributed by atoms with Crippen molar-refractivity contribution < 1.29 is 9.47 Å². The minimum absolute atomic E-state index is 0.572. The van der Waals surface area contributed by atoms with Crippen molar-refractivity contribution in [2.45, 2.75) is 31.8 Å². The molecule has 1 atom stereocenters. The monoisotopic (exact) mass is 235 g/mol. The van der Waals surface area contributed by atoms with Gasteiger partial charge < -0.3 is 14.8 Å². The van der Waals surface area contributed by atoms with Gasteiger partial charge >= 0.3 is 0 Å². The van der Waals surface area contributed by atoms with Gasteiger partial charge in [-0.05, 0) is 25.3 Å². The van der Waals surface area contributed by atoms with E-state index in [0.717, 1.165) is 38.3 Å². The van der Waals surface area contributed by atoms with Crippen molar-refractivity contribution in [2.24, 2.45) is 0 Å². The summed E-state index contributed by atoms with van der Waals surface area (Å²) in [6.07, 6.45) is 3.47. The Balaban J connectivity index is 1.87. The fraction of sp³-hybridized carbons (Fsp3) is 0.571. The van der Waals surface area contributed by atoms with E-state index in [9.17, 15) is 0 Å². The van der Waals surface area contributed by atoms with Gasteiger partial charge in [-0.1, -0.05) is 18.2 Å². The van der Waals surface area contributed by atoms with E-state index < -0.39 is 0 Å². The lowest BCUT2D eigenvalue weighted by atomic mass is 10.1. The molecule has 0 radical (unpaired) electrons. The molecule has 1 aromatic rings. The smallest absolute Gasteiger partial charge is 0.123 e. The van der Waals surface area contributed by atoms with Crippen LogP contribution < -0.4 is 10.1 Å². The summed E-state index contributed by atoms with van der Waals surface area (Å²) in [6, 6.07) is 8.74. The van der Waals surface area contributed by atoms with E-state index in [1.54, 1.807) is 7.11 Å². The summed E-state index contributed by atoms with van der Waals surface area (Å²) in [5.41, 5.74) is 1.22. The fourth-order valence-electron chi connectivity index (χ4n) is 2.21. The molecule has 0 bridgehead atoms. The summed E-state index contributed by atoms with van der Waals surface area (Å²) in [5, 5.41) is 3.59. The zero-order valence-electron chi connectivity index (χ0n) is 10.4. The summed E-state index contributed by atoms with van der Waals surface area (Å²) in [6.45, 7) is 2.66. The molecule has 1 N–H and O–H groups in total. The highest BCUT2D eigenvalue weighted by molar-refractivity contribution is 5.33. The maximum Gasteiger partial charge on any atom is 0.123 e. The van der Waals surface area contributed by atoms with Gasteiger partial charge in [-0.25, -0.2) is 0 Å². The van der Waals surface area contributed by atoms with E-state index in [-0.39, 0.29) is 0 Å². The van der Waals surface area contributed by atoms with E-state index in [1.807, 2.05) is 12.1 Å². The van der Waals surface area contributed by atoms with Crippen LogP contribution in [0.15, 0.2) is 24.3 Å². The van der Waals surface area contributed by atoms with Crippen molar-refractivity contribution in [2.75, 3.05) is 20.3 Å². The molecule has 0 amide bonds. The summed E-state index contributed by atoms with van der Waals surface area (Å²) in [5.74, 6) is 0.963. The van der Waals surface area contributed by atoms with Gasteiger partial charge in [0, 0.05) is 31.4 Å². The molecule has 17 heavy (non-hydrogen) atoms. The molecule has 1 aliphatic heterocycles. The lowest BCUT2D eigenvalue weighted by Gasteiger charge is -2.16. The molecule has 0 aromatic heterocycles. The lowest BCUT2D eigenvalue weighted by Crippen LogP contribution is -2.28. The van der Waals surface area contributed by atoms with E-state index in [4.69, 9.17) is 9.47 Å². The molecule has 1 saturated heterocycles. The number of benzene rings is 1. The standard InChI is InChI=1S/C14H21NO2/c1-16-14-7-3-2-5-12(14)11-15-13-6-4-9-17-10-8-13/h2-3,5,7,13,15H,4,6,8-11H2,1H3. The average Bonchev–Trinajstić information content (AvgIpc) is 2.65. The van der Waals surface area contributed by atoms with Crippen LogP contribution in [0.25, 0.3) is 0 Å². The molecule has 1 unspecified atom stereocenters. The second kappa shape index (κ2) is 6.62. The highest BCUT2D eigenvalue weighted by Gasteiger charge is 2.12. The molecular formula is C14H21NO2. The molecular weight excluding hydrogens is 214 g/mol. The van der Waals surface area contributed by atoms with Crippen LogP contribution in [0.2, 0.25) is 0 Å². The summed E-state index contributed by atoms with van der Waals surface area (Å²) in [4.78, 5) is 0. The minimum Gasteiger partial charge on any atom is -0.496 e. The number of para-hydroxylation sites is 1. The van der Waals surface area contributed by atoms with Gasteiger partial charge in [-0.15, -0.1) is 0 Å². The predicted molar refractivity (Wildman–Crippen MR) is 68.3 cm³/mol. The molecule has 1 aromatic carbocycles. The predicted octanol–water partition coefficient (Wildman–Crippen LogP) is 2.35. The second-order valence-electron chi connectivity index (χ2n) is 4.43. The van der Waals surface area contributed by atoms with Crippen LogP contribution in [0.5, 0.6) is 5.75 Å². The molecule has 1 heterocycles. The van der Waals surface area contributed by atoms with E-state index in [2.05, 4.69) is 17.4 Å². The third-order valence-electron chi connectivity index (χ3n) is 3.23. The first-order chi connectivity index (χ1) is 8.40. The number of rotatable bonds is 4. The highest BCUT2D eigenvalue weighted by atomic mass is 16.5. The normalized spacial score (nSPS) is 20.9. The maximum atomic E-state index is 5.46. The van der Waals surface area contributed by atoms with Crippen LogP contribution in [0.1, 0.15) is 24.8 Å². The van der Waals surface area contributed by atoms with Gasteiger partial charge in [0.2, 0.25) is 0 Å². The number of nitrogens with one attached hydrogen (secondary N) is 1. The molecule has 2 rings (SSSR count). The minimum atomic E-state index is 0.572. The van der Waals surface area contributed by atoms with Crippen molar-refractivity contribution >= 4 is 0 Å². The van der Waals surface area contributed by atoms with Crippen LogP contribution in [0.3, 0.4) is 0 Å². The van der Waals surface area contributed by atoms with E-state index in [0.29, 0.717) is 6.04 Å². The molecule has 0 aliphatic carbocycles. The van der Waals surface area contributed by atoms with Crippen molar-refractivity contribution in [3.63, 3.8) is 0 Å². The van der Waals surface area contributed by atoms with Crippen LogP contribution in [0, 0.1) is 0 Å². The lowest BCUT2D eigenvalue weighted by molar-refractivity contribution is 0.142. The Labute approximate surface area is 103 Å².